The molecule has 7 heteroatoms. The second-order valence-corrected chi connectivity index (χ2v) is 8.29. The number of ether oxygens (including phenoxy) is 3. The number of nitrogens with zero attached hydrogens (tertiary/aromatic N) is 1. The highest BCUT2D eigenvalue weighted by Gasteiger charge is 2.14. The number of carbonyl (C=O) groups is 2. The Morgan fingerprint density at radius 2 is 1.72 bits per heavy atom. The maximum atomic E-state index is 11.8. The van der Waals surface area contributed by atoms with Crippen LogP contribution in [0, 0.1) is 6.92 Å². The fraction of sp³-hybridized carbons (Fsp3) is 0.345. The minimum Gasteiger partial charge on any atom is -0.496 e. The highest BCUT2D eigenvalue weighted by Crippen LogP contribution is 2.30. The summed E-state index contributed by atoms with van der Waals surface area (Å²) in [5.41, 5.74) is 3.60. The van der Waals surface area contributed by atoms with Gasteiger partial charge in [0.1, 0.15) is 23.4 Å². The topological polar surface area (TPSA) is 95.0 Å². The van der Waals surface area contributed by atoms with E-state index in [9.17, 15) is 9.59 Å². The summed E-state index contributed by atoms with van der Waals surface area (Å²) in [5.74, 6) is 0.532. The number of benzene rings is 2. The molecule has 0 aliphatic rings. The van der Waals surface area contributed by atoms with Crippen LogP contribution in [0.2, 0.25) is 0 Å². The molecule has 0 aliphatic heterocycles. The fourth-order valence-corrected chi connectivity index (χ4v) is 3.24. The summed E-state index contributed by atoms with van der Waals surface area (Å²) in [5, 5.41) is 8.76. The summed E-state index contributed by atoms with van der Waals surface area (Å²) >= 11 is 0. The van der Waals surface area contributed by atoms with Gasteiger partial charge in [-0.2, -0.15) is 0 Å². The first-order valence-electron chi connectivity index (χ1n) is 12.0. The molecule has 0 fully saturated rings. The van der Waals surface area contributed by atoms with Crippen LogP contribution < -0.4 is 14.2 Å². The van der Waals surface area contributed by atoms with Crippen LogP contribution >= 0.6 is 0 Å². The van der Waals surface area contributed by atoms with Crippen LogP contribution in [-0.4, -0.2) is 35.6 Å². The molecule has 0 amide bonds. The van der Waals surface area contributed by atoms with E-state index in [4.69, 9.17) is 24.3 Å². The van der Waals surface area contributed by atoms with Crippen molar-refractivity contribution in [2.24, 2.45) is 0 Å². The van der Waals surface area contributed by atoms with Crippen molar-refractivity contribution in [3.8, 4) is 28.5 Å². The number of pyridine rings is 1. The van der Waals surface area contributed by atoms with Crippen LogP contribution in [0.4, 0.5) is 0 Å². The van der Waals surface area contributed by atoms with Crippen molar-refractivity contribution in [3.63, 3.8) is 0 Å². The van der Waals surface area contributed by atoms with Crippen molar-refractivity contribution < 1.29 is 28.9 Å². The van der Waals surface area contributed by atoms with E-state index in [-0.39, 0.29) is 11.9 Å². The van der Waals surface area contributed by atoms with E-state index >= 15 is 0 Å². The first-order chi connectivity index (χ1) is 17.2. The minimum atomic E-state index is -1.03. The van der Waals surface area contributed by atoms with Crippen molar-refractivity contribution in [3.05, 3.63) is 71.4 Å². The lowest BCUT2D eigenvalue weighted by molar-refractivity contribution is -0.139. The quantitative estimate of drug-likeness (QED) is 0.315. The van der Waals surface area contributed by atoms with Crippen molar-refractivity contribution >= 4 is 11.8 Å². The normalized spacial score (nSPS) is 11.1. The lowest BCUT2D eigenvalue weighted by Gasteiger charge is -2.17. The molecule has 1 N–H and O–H groups in total. The smallest absolute Gasteiger partial charge is 0.341 e. The Hall–Kier alpha value is -3.87. The third-order valence-electron chi connectivity index (χ3n) is 5.37. The second kappa shape index (κ2) is 13.9. The number of carboxylic acids is 1. The van der Waals surface area contributed by atoms with Crippen LogP contribution in [-0.2, 0) is 4.79 Å². The molecule has 3 aromatic rings. The number of aryl methyl sites for hydroxylation is 1. The van der Waals surface area contributed by atoms with Crippen molar-refractivity contribution in [2.75, 3.05) is 13.7 Å². The summed E-state index contributed by atoms with van der Waals surface area (Å²) in [7, 11) is 1.53. The van der Waals surface area contributed by atoms with Crippen LogP contribution in [0.3, 0.4) is 0 Å². The molecule has 1 heterocycles. The van der Waals surface area contributed by atoms with Crippen molar-refractivity contribution in [2.45, 2.75) is 53.6 Å². The molecule has 0 radical (unpaired) electrons. The Morgan fingerprint density at radius 1 is 1.00 bits per heavy atom. The van der Waals surface area contributed by atoms with Gasteiger partial charge in [0.25, 0.3) is 0 Å². The van der Waals surface area contributed by atoms with Crippen LogP contribution in [0.15, 0.2) is 54.6 Å². The number of carbonyl (C=O) groups excluding carboxylic acids is 1. The van der Waals surface area contributed by atoms with Crippen molar-refractivity contribution in [1.82, 2.24) is 4.98 Å². The second-order valence-electron chi connectivity index (χ2n) is 8.29. The number of Topliss-reactive ketones (excluding diaryl/α,β-unsaturated/α-hetero) is 1. The number of aromatic nitrogens is 1. The van der Waals surface area contributed by atoms with Gasteiger partial charge in [-0.25, -0.2) is 9.78 Å². The number of methoxy groups -OCH3 is 1. The third-order valence-corrected chi connectivity index (χ3v) is 5.37. The molecule has 0 spiro atoms. The van der Waals surface area contributed by atoms with Crippen LogP contribution in [0.5, 0.6) is 17.2 Å². The molecule has 1 aromatic heterocycles. The van der Waals surface area contributed by atoms with Gasteiger partial charge in [-0.05, 0) is 68.8 Å². The summed E-state index contributed by atoms with van der Waals surface area (Å²) in [6.45, 7) is 9.19. The Kier molecular flexibility index (Phi) is 10.9. The number of hydrogen-bond donors (Lipinski definition) is 1. The number of hydrogen-bond acceptors (Lipinski definition) is 6. The Morgan fingerprint density at radius 3 is 2.31 bits per heavy atom. The zero-order valence-electron chi connectivity index (χ0n) is 21.8. The van der Waals surface area contributed by atoms with Gasteiger partial charge in [-0.3, -0.25) is 4.79 Å². The van der Waals surface area contributed by atoms with Gasteiger partial charge in [-0.1, -0.05) is 38.8 Å². The van der Waals surface area contributed by atoms with Gasteiger partial charge in [0, 0.05) is 5.56 Å². The Balaban J connectivity index is 0.00000106. The zero-order valence-corrected chi connectivity index (χ0v) is 21.8. The number of ketones is 1. The minimum absolute atomic E-state index is 0.0631. The van der Waals surface area contributed by atoms with E-state index in [1.807, 2.05) is 38.1 Å². The maximum absolute atomic E-state index is 11.8. The predicted octanol–water partition coefficient (Wildman–Crippen LogP) is 6.68. The van der Waals surface area contributed by atoms with Crippen LogP contribution in [0.1, 0.15) is 68.3 Å². The Labute approximate surface area is 213 Å². The summed E-state index contributed by atoms with van der Waals surface area (Å²) in [6, 6.07) is 16.3. The maximum Gasteiger partial charge on any atom is 0.341 e. The van der Waals surface area contributed by atoms with Gasteiger partial charge in [0.05, 0.1) is 24.1 Å². The molecular formula is C29H35NO6. The Bertz CT molecular complexity index is 1170. The fourth-order valence-electron chi connectivity index (χ4n) is 3.24. The van der Waals surface area contributed by atoms with Gasteiger partial charge < -0.3 is 19.3 Å². The molecule has 2 aromatic carbocycles. The summed E-state index contributed by atoms with van der Waals surface area (Å²) in [6.07, 6.45) is 2.30. The average Bonchev–Trinajstić information content (AvgIpc) is 2.87. The molecule has 1 unspecified atom stereocenters. The van der Waals surface area contributed by atoms with E-state index in [0.29, 0.717) is 22.8 Å². The standard InChI is InChI=1S/C25H25NO6.C4H10/c1-15-12-19(9-11-23(15)31-14-25(28)29)32-17(3)21-6-5-7-22(26-21)18-8-10-20(16(2)27)24(13-18)30-4;1-3-4-2/h5-13,17H,14H2,1-4H3,(H,28,29);3-4H2,1-2H3. The zero-order chi connectivity index (χ0) is 26.7. The SMILES string of the molecule is CCCC.COc1cc(-c2cccc(C(C)Oc3ccc(OCC(=O)O)c(C)c3)n2)ccc1C(C)=O. The predicted molar refractivity (Wildman–Crippen MR) is 140 cm³/mol. The molecule has 3 rings (SSSR count). The number of rotatable bonds is 10. The van der Waals surface area contributed by atoms with Crippen LogP contribution in [0.25, 0.3) is 11.3 Å². The van der Waals surface area contributed by atoms with Gasteiger partial charge >= 0.3 is 5.97 Å². The van der Waals surface area contributed by atoms with Crippen molar-refractivity contribution in [1.29, 1.82) is 0 Å². The molecule has 1 atom stereocenters. The molecule has 0 bridgehead atoms. The lowest BCUT2D eigenvalue weighted by atomic mass is 10.0. The molecule has 0 saturated carbocycles. The van der Waals surface area contributed by atoms with E-state index in [2.05, 4.69) is 13.8 Å². The van der Waals surface area contributed by atoms with E-state index in [0.717, 1.165) is 22.5 Å². The number of unbranched alkanes of at least 4 members (excludes halogenated alkanes) is 1. The van der Waals surface area contributed by atoms with E-state index < -0.39 is 12.6 Å². The van der Waals surface area contributed by atoms with Gasteiger partial charge in [-0.15, -0.1) is 0 Å². The summed E-state index contributed by atoms with van der Waals surface area (Å²) in [4.78, 5) is 27.2. The highest BCUT2D eigenvalue weighted by atomic mass is 16.5. The molecular weight excluding hydrogens is 458 g/mol. The monoisotopic (exact) mass is 493 g/mol. The molecule has 7 nitrogen and oxygen atoms in total. The molecule has 192 valence electrons. The average molecular weight is 494 g/mol. The largest absolute Gasteiger partial charge is 0.496 e. The van der Waals surface area contributed by atoms with E-state index in [1.54, 1.807) is 30.3 Å². The lowest BCUT2D eigenvalue weighted by Crippen LogP contribution is -2.10. The molecule has 0 saturated heterocycles. The van der Waals surface area contributed by atoms with E-state index in [1.165, 1.54) is 26.9 Å². The number of aliphatic carboxylic acids is 1. The summed E-state index contributed by atoms with van der Waals surface area (Å²) < 4.78 is 16.7. The molecule has 0 aliphatic carbocycles. The van der Waals surface area contributed by atoms with Gasteiger partial charge in [0.2, 0.25) is 0 Å². The van der Waals surface area contributed by atoms with Gasteiger partial charge in [0.15, 0.2) is 12.4 Å². The molecule has 36 heavy (non-hydrogen) atoms. The third kappa shape index (κ3) is 8.12. The number of carboxylic acid groups (broad SMARTS) is 1. The first kappa shape index (κ1) is 28.4. The highest BCUT2D eigenvalue weighted by molar-refractivity contribution is 5.97. The first-order valence-corrected chi connectivity index (χ1v) is 12.0.